The molecule has 2 atom stereocenters. The molecule has 2 heterocycles. The van der Waals surface area contributed by atoms with Gasteiger partial charge in [0.2, 0.25) is 0 Å². The van der Waals surface area contributed by atoms with Gasteiger partial charge in [-0.2, -0.15) is 13.2 Å². The predicted octanol–water partition coefficient (Wildman–Crippen LogP) is 4.01. The largest absolute Gasteiger partial charge is 0.485 e. The van der Waals surface area contributed by atoms with Gasteiger partial charge in [0.15, 0.2) is 0 Å². The SMILES string of the molecule is CC1(C)Oc2ccc([N+](=O)[O-])cc2[C@H](N2CCN(c3cccc(C(F)(F)F)c3)CC2)[C@H]1O. The Morgan fingerprint density at radius 1 is 1.12 bits per heavy atom. The first kappa shape index (κ1) is 22.3. The average Bonchev–Trinajstić information content (AvgIpc) is 2.74. The molecule has 0 amide bonds. The number of nitrogens with zero attached hydrogens (tertiary/aromatic N) is 3. The third kappa shape index (κ3) is 4.12. The van der Waals surface area contributed by atoms with Gasteiger partial charge in [-0.1, -0.05) is 6.07 Å². The van der Waals surface area contributed by atoms with Crippen LogP contribution < -0.4 is 9.64 Å². The predicted molar refractivity (Wildman–Crippen MR) is 112 cm³/mol. The maximum atomic E-state index is 13.1. The lowest BCUT2D eigenvalue weighted by Gasteiger charge is -2.48. The molecule has 0 unspecified atom stereocenters. The van der Waals surface area contributed by atoms with Crippen molar-refractivity contribution in [1.82, 2.24) is 4.90 Å². The third-order valence-electron chi connectivity index (χ3n) is 6.15. The normalized spacial score (nSPS) is 23.4. The van der Waals surface area contributed by atoms with Crippen molar-refractivity contribution in [3.63, 3.8) is 0 Å². The van der Waals surface area contributed by atoms with E-state index in [2.05, 4.69) is 0 Å². The Bertz CT molecular complexity index is 1020. The topological polar surface area (TPSA) is 79.1 Å². The number of aliphatic hydroxyl groups excluding tert-OH is 1. The molecule has 0 saturated carbocycles. The number of piperazine rings is 1. The number of aliphatic hydroxyl groups is 1. The Morgan fingerprint density at radius 3 is 2.44 bits per heavy atom. The van der Waals surface area contributed by atoms with Crippen LogP contribution in [0.1, 0.15) is 31.0 Å². The minimum absolute atomic E-state index is 0.0909. The van der Waals surface area contributed by atoms with Crippen molar-refractivity contribution in [2.45, 2.75) is 37.8 Å². The van der Waals surface area contributed by atoms with Gasteiger partial charge < -0.3 is 14.7 Å². The van der Waals surface area contributed by atoms with E-state index in [0.29, 0.717) is 43.2 Å². The lowest BCUT2D eigenvalue weighted by Crippen LogP contribution is -2.57. The molecule has 10 heteroatoms. The number of benzene rings is 2. The highest BCUT2D eigenvalue weighted by molar-refractivity contribution is 5.51. The van der Waals surface area contributed by atoms with E-state index in [1.165, 1.54) is 18.2 Å². The van der Waals surface area contributed by atoms with Gasteiger partial charge in [-0.3, -0.25) is 15.0 Å². The van der Waals surface area contributed by atoms with Crippen molar-refractivity contribution in [3.8, 4) is 5.75 Å². The summed E-state index contributed by atoms with van der Waals surface area (Å²) in [5.41, 5.74) is -0.666. The summed E-state index contributed by atoms with van der Waals surface area (Å²) in [7, 11) is 0. The molecule has 1 fully saturated rings. The number of anilines is 1. The molecule has 2 aliphatic heterocycles. The number of nitro groups is 1. The number of nitro benzene ring substituents is 1. The summed E-state index contributed by atoms with van der Waals surface area (Å²) in [4.78, 5) is 14.7. The van der Waals surface area contributed by atoms with E-state index in [1.54, 1.807) is 26.0 Å². The second-order valence-electron chi connectivity index (χ2n) is 8.65. The highest BCUT2D eigenvalue weighted by Gasteiger charge is 2.46. The second kappa shape index (κ2) is 7.93. The molecule has 0 radical (unpaired) electrons. The van der Waals surface area contributed by atoms with Crippen LogP contribution in [0.3, 0.4) is 0 Å². The van der Waals surface area contributed by atoms with Crippen LogP contribution in [0.2, 0.25) is 0 Å². The number of hydrogen-bond acceptors (Lipinski definition) is 6. The Labute approximate surface area is 183 Å². The van der Waals surface area contributed by atoms with Crippen molar-refractivity contribution in [2.24, 2.45) is 0 Å². The average molecular weight is 451 g/mol. The maximum Gasteiger partial charge on any atom is 0.416 e. The fourth-order valence-electron chi connectivity index (χ4n) is 4.40. The number of non-ortho nitro benzene ring substituents is 1. The lowest BCUT2D eigenvalue weighted by molar-refractivity contribution is -0.385. The first-order valence-corrected chi connectivity index (χ1v) is 10.3. The van der Waals surface area contributed by atoms with Crippen molar-refractivity contribution in [2.75, 3.05) is 31.1 Å². The fourth-order valence-corrected chi connectivity index (χ4v) is 4.40. The molecule has 2 aliphatic rings. The van der Waals surface area contributed by atoms with Crippen molar-refractivity contribution >= 4 is 11.4 Å². The first-order chi connectivity index (χ1) is 15.0. The Kier molecular flexibility index (Phi) is 5.54. The summed E-state index contributed by atoms with van der Waals surface area (Å²) in [6.45, 7) is 5.36. The third-order valence-corrected chi connectivity index (χ3v) is 6.15. The smallest absolute Gasteiger partial charge is 0.416 e. The van der Waals surface area contributed by atoms with Gasteiger partial charge in [-0.05, 0) is 38.1 Å². The van der Waals surface area contributed by atoms with Crippen LogP contribution in [0.5, 0.6) is 5.75 Å². The van der Waals surface area contributed by atoms with Crippen LogP contribution in [-0.2, 0) is 6.18 Å². The first-order valence-electron chi connectivity index (χ1n) is 10.3. The Morgan fingerprint density at radius 2 is 1.81 bits per heavy atom. The lowest BCUT2D eigenvalue weighted by atomic mass is 9.85. The zero-order valence-corrected chi connectivity index (χ0v) is 17.7. The molecule has 4 rings (SSSR count). The summed E-state index contributed by atoms with van der Waals surface area (Å²) in [5.74, 6) is 0.483. The molecule has 0 spiro atoms. The Balaban J connectivity index is 1.58. The van der Waals surface area contributed by atoms with Gasteiger partial charge in [0.05, 0.1) is 16.5 Å². The zero-order chi connectivity index (χ0) is 23.3. The second-order valence-corrected chi connectivity index (χ2v) is 8.65. The van der Waals surface area contributed by atoms with Crippen LogP contribution in [0.25, 0.3) is 0 Å². The van der Waals surface area contributed by atoms with E-state index in [1.807, 2.05) is 9.80 Å². The monoisotopic (exact) mass is 451 g/mol. The van der Waals surface area contributed by atoms with Crippen LogP contribution >= 0.6 is 0 Å². The summed E-state index contributed by atoms with van der Waals surface area (Å²) in [5, 5.41) is 22.3. The van der Waals surface area contributed by atoms with Crippen LogP contribution in [0.4, 0.5) is 24.5 Å². The van der Waals surface area contributed by atoms with Gasteiger partial charge in [-0.15, -0.1) is 0 Å². The Hall–Kier alpha value is -2.85. The summed E-state index contributed by atoms with van der Waals surface area (Å²) in [6, 6.07) is 9.04. The summed E-state index contributed by atoms with van der Waals surface area (Å²) >= 11 is 0. The summed E-state index contributed by atoms with van der Waals surface area (Å²) < 4.78 is 45.1. The van der Waals surface area contributed by atoms with Gasteiger partial charge in [0.25, 0.3) is 5.69 Å². The number of fused-ring (bicyclic) bond motifs is 1. The molecule has 1 saturated heterocycles. The number of ether oxygens (including phenoxy) is 1. The minimum atomic E-state index is -4.41. The van der Waals surface area contributed by atoms with Crippen molar-refractivity contribution < 1.29 is 27.9 Å². The summed E-state index contributed by atoms with van der Waals surface area (Å²) in [6.07, 6.45) is -5.36. The molecular weight excluding hydrogens is 427 g/mol. The molecule has 2 aromatic carbocycles. The van der Waals surface area contributed by atoms with Crippen LogP contribution in [0.15, 0.2) is 42.5 Å². The highest BCUT2D eigenvalue weighted by Crippen LogP contribution is 2.44. The molecule has 32 heavy (non-hydrogen) atoms. The van der Waals surface area contributed by atoms with E-state index >= 15 is 0 Å². The number of alkyl halides is 3. The zero-order valence-electron chi connectivity index (χ0n) is 17.7. The number of hydrogen-bond donors (Lipinski definition) is 1. The van der Waals surface area contributed by atoms with Crippen molar-refractivity contribution in [1.29, 1.82) is 0 Å². The number of halogens is 3. The maximum absolute atomic E-state index is 13.1. The van der Waals surface area contributed by atoms with Gasteiger partial charge in [0, 0.05) is 49.6 Å². The van der Waals surface area contributed by atoms with Crippen LogP contribution in [0, 0.1) is 10.1 Å². The molecule has 0 aromatic heterocycles. The van der Waals surface area contributed by atoms with E-state index in [0.717, 1.165) is 12.1 Å². The minimum Gasteiger partial charge on any atom is -0.485 e. The van der Waals surface area contributed by atoms with E-state index in [9.17, 15) is 28.4 Å². The number of rotatable bonds is 3. The van der Waals surface area contributed by atoms with Crippen LogP contribution in [-0.4, -0.2) is 52.8 Å². The quantitative estimate of drug-likeness (QED) is 0.561. The van der Waals surface area contributed by atoms with Gasteiger partial charge in [-0.25, -0.2) is 0 Å². The molecule has 172 valence electrons. The van der Waals surface area contributed by atoms with E-state index in [-0.39, 0.29) is 5.69 Å². The molecule has 0 bridgehead atoms. The van der Waals surface area contributed by atoms with Crippen molar-refractivity contribution in [3.05, 3.63) is 63.7 Å². The molecule has 2 aromatic rings. The van der Waals surface area contributed by atoms with Gasteiger partial charge >= 0.3 is 6.18 Å². The molecule has 7 nitrogen and oxygen atoms in total. The fraction of sp³-hybridized carbons (Fsp3) is 0.455. The van der Waals surface area contributed by atoms with Gasteiger partial charge in [0.1, 0.15) is 17.5 Å². The highest BCUT2D eigenvalue weighted by atomic mass is 19.4. The molecule has 1 N–H and O–H groups in total. The van der Waals surface area contributed by atoms with E-state index in [4.69, 9.17) is 4.74 Å². The molecular formula is C22H24F3N3O4. The standard InChI is InChI=1S/C22H24F3N3O4/c1-21(2)20(29)19(17-13-16(28(30)31)6-7-18(17)32-21)27-10-8-26(9-11-27)15-5-3-4-14(12-15)22(23,24)25/h3-7,12-13,19-20,29H,8-11H2,1-2H3/t19-,20+/m0/s1. The van der Waals surface area contributed by atoms with E-state index < -0.39 is 34.4 Å². The molecule has 0 aliphatic carbocycles.